The number of hydrogen-bond acceptors (Lipinski definition) is 3. The zero-order chi connectivity index (χ0) is 15.6. The highest BCUT2D eigenvalue weighted by Crippen LogP contribution is 2.37. The van der Waals surface area contributed by atoms with E-state index in [1.807, 2.05) is 11.5 Å². The van der Waals surface area contributed by atoms with Gasteiger partial charge in [-0.1, -0.05) is 27.2 Å². The van der Waals surface area contributed by atoms with Gasteiger partial charge in [0.2, 0.25) is 10.0 Å². The number of rotatable bonds is 8. The van der Waals surface area contributed by atoms with E-state index in [0.717, 1.165) is 19.3 Å². The predicted molar refractivity (Wildman–Crippen MR) is 82.5 cm³/mol. The topological polar surface area (TPSA) is 62.5 Å². The molecule has 1 aliphatic rings. The largest absolute Gasteiger partial charge is 0.390 e. The van der Waals surface area contributed by atoms with Crippen molar-refractivity contribution in [1.29, 1.82) is 0 Å². The summed E-state index contributed by atoms with van der Waals surface area (Å²) in [4.78, 5) is 0.309. The Morgan fingerprint density at radius 1 is 1.43 bits per heavy atom. The van der Waals surface area contributed by atoms with E-state index in [1.54, 1.807) is 12.3 Å². The van der Waals surface area contributed by atoms with Crippen LogP contribution >= 0.6 is 0 Å². The first-order chi connectivity index (χ1) is 9.93. The fourth-order valence-corrected chi connectivity index (χ4v) is 4.10. The summed E-state index contributed by atoms with van der Waals surface area (Å²) in [6.07, 6.45) is 4.77. The lowest BCUT2D eigenvalue weighted by Gasteiger charge is -2.22. The Morgan fingerprint density at radius 3 is 2.57 bits per heavy atom. The minimum Gasteiger partial charge on any atom is -0.390 e. The third-order valence-corrected chi connectivity index (χ3v) is 6.12. The molecule has 0 spiro atoms. The molecule has 21 heavy (non-hydrogen) atoms. The monoisotopic (exact) mass is 314 g/mol. The Morgan fingerprint density at radius 2 is 2.10 bits per heavy atom. The summed E-state index contributed by atoms with van der Waals surface area (Å²) < 4.78 is 29.0. The normalized spacial score (nSPS) is 17.4. The molecule has 0 saturated heterocycles. The van der Waals surface area contributed by atoms with E-state index >= 15 is 0 Å². The highest BCUT2D eigenvalue weighted by molar-refractivity contribution is 7.89. The third kappa shape index (κ3) is 3.49. The fraction of sp³-hybridized carbons (Fsp3) is 0.733. The highest BCUT2D eigenvalue weighted by Gasteiger charge is 2.30. The van der Waals surface area contributed by atoms with Gasteiger partial charge in [-0.05, 0) is 24.8 Å². The standard InChI is InChI=1S/C15H26N2O3S/c1-4-12(3)9-16(5-2)21(19,20)15-8-14(11-18)17(10-15)13-6-7-13/h8,10,12-13,18H,4-7,9,11H2,1-3H3. The molecule has 0 bridgehead atoms. The number of aromatic nitrogens is 1. The van der Waals surface area contributed by atoms with Crippen LogP contribution in [0.4, 0.5) is 0 Å². The molecule has 6 heteroatoms. The Kier molecular flexibility index (Phi) is 5.11. The van der Waals surface area contributed by atoms with Crippen LogP contribution in [0.15, 0.2) is 17.2 Å². The van der Waals surface area contributed by atoms with E-state index in [-0.39, 0.29) is 6.61 Å². The summed E-state index contributed by atoms with van der Waals surface area (Å²) in [5.41, 5.74) is 0.690. The number of nitrogens with zero attached hydrogens (tertiary/aromatic N) is 2. The van der Waals surface area contributed by atoms with Gasteiger partial charge in [-0.3, -0.25) is 0 Å². The van der Waals surface area contributed by atoms with Gasteiger partial charge in [0.1, 0.15) is 4.90 Å². The summed E-state index contributed by atoms with van der Waals surface area (Å²) in [6, 6.07) is 1.98. The van der Waals surface area contributed by atoms with Crippen molar-refractivity contribution >= 4 is 10.0 Å². The first-order valence-corrected chi connectivity index (χ1v) is 9.19. The first kappa shape index (κ1) is 16.5. The van der Waals surface area contributed by atoms with E-state index in [9.17, 15) is 13.5 Å². The van der Waals surface area contributed by atoms with Gasteiger partial charge >= 0.3 is 0 Å². The average Bonchev–Trinajstić information content (AvgIpc) is 3.22. The third-order valence-electron chi connectivity index (χ3n) is 4.21. The van der Waals surface area contributed by atoms with Crippen molar-refractivity contribution in [2.24, 2.45) is 5.92 Å². The van der Waals surface area contributed by atoms with Gasteiger partial charge in [0.05, 0.1) is 6.61 Å². The molecule has 1 aliphatic carbocycles. The maximum absolute atomic E-state index is 12.8. The molecule has 0 amide bonds. The van der Waals surface area contributed by atoms with E-state index in [4.69, 9.17) is 0 Å². The molecule has 1 saturated carbocycles. The van der Waals surface area contributed by atoms with Gasteiger partial charge in [0.15, 0.2) is 0 Å². The van der Waals surface area contributed by atoms with Crippen molar-refractivity contribution in [1.82, 2.24) is 8.87 Å². The van der Waals surface area contributed by atoms with Gasteiger partial charge in [-0.15, -0.1) is 0 Å². The zero-order valence-corrected chi connectivity index (χ0v) is 13.9. The Labute approximate surface area is 127 Å². The van der Waals surface area contributed by atoms with Crippen LogP contribution in [0.1, 0.15) is 51.8 Å². The molecule has 1 heterocycles. The molecule has 0 radical (unpaired) electrons. The lowest BCUT2D eigenvalue weighted by molar-refractivity contribution is 0.270. The smallest absolute Gasteiger partial charge is 0.244 e. The van der Waals surface area contributed by atoms with E-state index in [0.29, 0.717) is 35.6 Å². The average molecular weight is 314 g/mol. The van der Waals surface area contributed by atoms with Crippen molar-refractivity contribution in [3.63, 3.8) is 0 Å². The van der Waals surface area contributed by atoms with Gasteiger partial charge < -0.3 is 9.67 Å². The number of aliphatic hydroxyl groups excluding tert-OH is 1. The molecule has 1 aromatic rings. The lowest BCUT2D eigenvalue weighted by Crippen LogP contribution is -2.34. The molecule has 1 aromatic heterocycles. The second kappa shape index (κ2) is 6.50. The summed E-state index contributed by atoms with van der Waals surface area (Å²) in [5.74, 6) is 0.336. The molecule has 120 valence electrons. The van der Waals surface area contributed by atoms with Gasteiger partial charge in [-0.25, -0.2) is 8.42 Å². The van der Waals surface area contributed by atoms with Crippen LogP contribution in [-0.2, 0) is 16.6 Å². The lowest BCUT2D eigenvalue weighted by atomic mass is 10.1. The van der Waals surface area contributed by atoms with Crippen LogP contribution in [-0.4, -0.2) is 35.5 Å². The van der Waals surface area contributed by atoms with Crippen LogP contribution in [0.2, 0.25) is 0 Å². The Balaban J connectivity index is 2.29. The molecule has 5 nitrogen and oxygen atoms in total. The summed E-state index contributed by atoms with van der Waals surface area (Å²) in [5, 5.41) is 9.42. The Hall–Kier alpha value is -0.850. The second-order valence-electron chi connectivity index (χ2n) is 5.93. The van der Waals surface area contributed by atoms with Crippen LogP contribution in [0, 0.1) is 5.92 Å². The second-order valence-corrected chi connectivity index (χ2v) is 7.87. The van der Waals surface area contributed by atoms with E-state index in [2.05, 4.69) is 13.8 Å². The van der Waals surface area contributed by atoms with Gasteiger partial charge in [0.25, 0.3) is 0 Å². The quantitative estimate of drug-likeness (QED) is 0.801. The molecule has 1 unspecified atom stereocenters. The molecule has 2 rings (SSSR count). The molecular weight excluding hydrogens is 288 g/mol. The number of aliphatic hydroxyl groups is 1. The molecular formula is C15H26N2O3S. The van der Waals surface area contributed by atoms with Crippen molar-refractivity contribution in [3.8, 4) is 0 Å². The van der Waals surface area contributed by atoms with Crippen LogP contribution in [0.25, 0.3) is 0 Å². The fourth-order valence-electron chi connectivity index (χ4n) is 2.48. The minimum absolute atomic E-state index is 0.122. The maximum atomic E-state index is 12.8. The summed E-state index contributed by atoms with van der Waals surface area (Å²) >= 11 is 0. The molecule has 1 atom stereocenters. The van der Waals surface area contributed by atoms with Crippen LogP contribution < -0.4 is 0 Å². The summed E-state index contributed by atoms with van der Waals surface area (Å²) in [6.45, 7) is 6.88. The van der Waals surface area contributed by atoms with E-state index < -0.39 is 10.0 Å². The van der Waals surface area contributed by atoms with Crippen molar-refractivity contribution in [2.45, 2.75) is 57.6 Å². The number of sulfonamides is 1. The maximum Gasteiger partial charge on any atom is 0.244 e. The highest BCUT2D eigenvalue weighted by atomic mass is 32.2. The zero-order valence-electron chi connectivity index (χ0n) is 13.1. The first-order valence-electron chi connectivity index (χ1n) is 7.75. The van der Waals surface area contributed by atoms with Crippen LogP contribution in [0.3, 0.4) is 0 Å². The van der Waals surface area contributed by atoms with Crippen LogP contribution in [0.5, 0.6) is 0 Å². The van der Waals surface area contributed by atoms with Gasteiger partial charge in [-0.2, -0.15) is 4.31 Å². The molecule has 0 aromatic carbocycles. The predicted octanol–water partition coefficient (Wildman–Crippen LogP) is 2.37. The number of hydrogen-bond donors (Lipinski definition) is 1. The van der Waals surface area contributed by atoms with Crippen molar-refractivity contribution in [3.05, 3.63) is 18.0 Å². The minimum atomic E-state index is -3.47. The SMILES string of the molecule is CCC(C)CN(CC)S(=O)(=O)c1cc(CO)n(C2CC2)c1. The molecule has 1 fully saturated rings. The molecule has 0 aliphatic heterocycles. The summed E-state index contributed by atoms with van der Waals surface area (Å²) in [7, 11) is -3.47. The molecule has 1 N–H and O–H groups in total. The van der Waals surface area contributed by atoms with E-state index in [1.165, 1.54) is 4.31 Å². The van der Waals surface area contributed by atoms with Gasteiger partial charge in [0, 0.05) is 31.0 Å². The Bertz CT molecular complexity index is 576. The van der Waals surface area contributed by atoms with Crippen molar-refractivity contribution < 1.29 is 13.5 Å². The van der Waals surface area contributed by atoms with Crippen molar-refractivity contribution in [2.75, 3.05) is 13.1 Å².